The number of ether oxygens (including phenoxy) is 2. The lowest BCUT2D eigenvalue weighted by Crippen LogP contribution is -2.51. The van der Waals surface area contributed by atoms with Gasteiger partial charge in [0.1, 0.15) is 18.5 Å². The number of rotatable bonds is 6. The van der Waals surface area contributed by atoms with Crippen LogP contribution in [0.5, 0.6) is 5.75 Å². The maximum atomic E-state index is 11.7. The Kier molecular flexibility index (Phi) is 7.80. The fourth-order valence-electron chi connectivity index (χ4n) is 2.46. The van der Waals surface area contributed by atoms with Gasteiger partial charge < -0.3 is 19.5 Å². The highest BCUT2D eigenvalue weighted by molar-refractivity contribution is 9.11. The summed E-state index contributed by atoms with van der Waals surface area (Å²) in [6, 6.07) is 5.64. The second kappa shape index (κ2) is 9.60. The number of aliphatic hydroxyl groups excluding tert-OH is 1. The summed E-state index contributed by atoms with van der Waals surface area (Å²) in [6.07, 6.45) is -0.851. The monoisotopic (exact) mass is 464 g/mol. The number of carbonyl (C=O) groups is 1. The Balaban J connectivity index is 1.71. The fraction of sp³-hybridized carbons (Fsp3) is 0.562. The zero-order valence-corrected chi connectivity index (χ0v) is 16.8. The maximum Gasteiger partial charge on any atom is 0.409 e. The number of halogens is 2. The Labute approximate surface area is 159 Å². The van der Waals surface area contributed by atoms with E-state index in [1.807, 2.05) is 18.2 Å². The SMILES string of the molecule is CCOC(=O)N1CCN(C[C@H](O)COc2ccc(Br)cc2Br)CC1. The first kappa shape index (κ1) is 19.5. The van der Waals surface area contributed by atoms with Crippen LogP contribution in [0.1, 0.15) is 6.92 Å². The molecule has 1 saturated heterocycles. The minimum absolute atomic E-state index is 0.221. The van der Waals surface area contributed by atoms with Crippen molar-refractivity contribution in [3.63, 3.8) is 0 Å². The van der Waals surface area contributed by atoms with Gasteiger partial charge in [-0.25, -0.2) is 4.79 Å². The van der Waals surface area contributed by atoms with Gasteiger partial charge >= 0.3 is 6.09 Å². The number of aliphatic hydroxyl groups is 1. The molecule has 6 nitrogen and oxygen atoms in total. The van der Waals surface area contributed by atoms with Crippen LogP contribution >= 0.6 is 31.9 Å². The Morgan fingerprint density at radius 2 is 2.00 bits per heavy atom. The van der Waals surface area contributed by atoms with E-state index in [2.05, 4.69) is 36.8 Å². The highest BCUT2D eigenvalue weighted by atomic mass is 79.9. The normalized spacial score (nSPS) is 16.8. The van der Waals surface area contributed by atoms with Gasteiger partial charge in [0.15, 0.2) is 0 Å². The Hall–Kier alpha value is -0.830. The molecule has 1 aliphatic heterocycles. The second-order valence-corrected chi connectivity index (χ2v) is 7.30. The van der Waals surface area contributed by atoms with Crippen LogP contribution in [0.4, 0.5) is 4.79 Å². The van der Waals surface area contributed by atoms with E-state index in [1.165, 1.54) is 0 Å². The van der Waals surface area contributed by atoms with E-state index in [0.717, 1.165) is 22.0 Å². The van der Waals surface area contributed by atoms with Crippen LogP contribution in [0.2, 0.25) is 0 Å². The van der Waals surface area contributed by atoms with E-state index < -0.39 is 6.10 Å². The third-order valence-corrected chi connectivity index (χ3v) is 4.81. The molecule has 1 fully saturated rings. The summed E-state index contributed by atoms with van der Waals surface area (Å²) in [7, 11) is 0. The molecule has 1 aromatic carbocycles. The zero-order valence-electron chi connectivity index (χ0n) is 13.6. The summed E-state index contributed by atoms with van der Waals surface area (Å²) in [4.78, 5) is 15.5. The van der Waals surface area contributed by atoms with Crippen LogP contribution in [0, 0.1) is 0 Å². The Morgan fingerprint density at radius 3 is 2.62 bits per heavy atom. The van der Waals surface area contributed by atoms with Crippen molar-refractivity contribution in [2.75, 3.05) is 45.9 Å². The van der Waals surface area contributed by atoms with E-state index in [4.69, 9.17) is 9.47 Å². The molecule has 1 aromatic rings. The van der Waals surface area contributed by atoms with E-state index >= 15 is 0 Å². The van der Waals surface area contributed by atoms with Gasteiger partial charge in [0.25, 0.3) is 0 Å². The number of hydrogen-bond acceptors (Lipinski definition) is 5. The van der Waals surface area contributed by atoms with E-state index in [0.29, 0.717) is 32.0 Å². The van der Waals surface area contributed by atoms with Crippen LogP contribution in [-0.4, -0.2) is 73.0 Å². The van der Waals surface area contributed by atoms with E-state index in [9.17, 15) is 9.90 Å². The average molecular weight is 466 g/mol. The number of hydrogen-bond donors (Lipinski definition) is 1. The van der Waals surface area contributed by atoms with Crippen molar-refractivity contribution in [1.82, 2.24) is 9.80 Å². The van der Waals surface area contributed by atoms with Crippen LogP contribution in [-0.2, 0) is 4.74 Å². The molecule has 0 aliphatic carbocycles. The quantitative estimate of drug-likeness (QED) is 0.699. The number of piperazine rings is 1. The third kappa shape index (κ3) is 5.91. The molecular formula is C16H22Br2N2O4. The molecule has 0 spiro atoms. The van der Waals surface area contributed by atoms with Gasteiger partial charge in [0, 0.05) is 37.2 Å². The summed E-state index contributed by atoms with van der Waals surface area (Å²) in [5.41, 5.74) is 0. The summed E-state index contributed by atoms with van der Waals surface area (Å²) in [5, 5.41) is 10.2. The average Bonchev–Trinajstić information content (AvgIpc) is 2.55. The molecule has 1 amide bonds. The highest BCUT2D eigenvalue weighted by Gasteiger charge is 2.23. The molecule has 2 rings (SSSR count). The molecule has 1 aliphatic rings. The maximum absolute atomic E-state index is 11.7. The van der Waals surface area contributed by atoms with Gasteiger partial charge in [-0.1, -0.05) is 15.9 Å². The highest BCUT2D eigenvalue weighted by Crippen LogP contribution is 2.28. The largest absolute Gasteiger partial charge is 0.490 e. The molecule has 1 N–H and O–H groups in total. The lowest BCUT2D eigenvalue weighted by atomic mass is 10.2. The molecule has 1 heterocycles. The first-order valence-corrected chi connectivity index (χ1v) is 9.48. The van der Waals surface area contributed by atoms with Crippen molar-refractivity contribution in [3.8, 4) is 5.75 Å². The first-order chi connectivity index (χ1) is 11.5. The number of β-amino-alcohol motifs (C(OH)–C–C–N with tert-alkyl or cyclic N) is 1. The number of nitrogens with zero attached hydrogens (tertiary/aromatic N) is 2. The van der Waals surface area contributed by atoms with Gasteiger partial charge in [-0.3, -0.25) is 4.90 Å². The first-order valence-electron chi connectivity index (χ1n) is 7.89. The predicted octanol–water partition coefficient (Wildman–Crippen LogP) is 2.73. The minimum atomic E-state index is -0.588. The van der Waals surface area contributed by atoms with Gasteiger partial charge in [-0.2, -0.15) is 0 Å². The predicted molar refractivity (Wildman–Crippen MR) is 98.4 cm³/mol. The van der Waals surface area contributed by atoms with Gasteiger partial charge in [0.05, 0.1) is 11.1 Å². The molecule has 0 aromatic heterocycles. The van der Waals surface area contributed by atoms with Crippen LogP contribution in [0.15, 0.2) is 27.1 Å². The molecule has 24 heavy (non-hydrogen) atoms. The Bertz CT molecular complexity index is 551. The molecule has 0 bridgehead atoms. The van der Waals surface area contributed by atoms with E-state index in [1.54, 1.807) is 11.8 Å². The van der Waals surface area contributed by atoms with Crippen molar-refractivity contribution in [2.45, 2.75) is 13.0 Å². The smallest absolute Gasteiger partial charge is 0.409 e. The Morgan fingerprint density at radius 1 is 1.29 bits per heavy atom. The number of carbonyl (C=O) groups excluding carboxylic acids is 1. The molecule has 134 valence electrons. The molecule has 0 unspecified atom stereocenters. The van der Waals surface area contributed by atoms with Crippen molar-refractivity contribution in [2.24, 2.45) is 0 Å². The van der Waals surface area contributed by atoms with Gasteiger partial charge in [-0.05, 0) is 41.1 Å². The number of benzene rings is 1. The second-order valence-electron chi connectivity index (χ2n) is 5.53. The lowest BCUT2D eigenvalue weighted by molar-refractivity contribution is 0.0406. The van der Waals surface area contributed by atoms with Crippen LogP contribution in [0.3, 0.4) is 0 Å². The standard InChI is InChI=1S/C16H22Br2N2O4/c1-2-23-16(22)20-7-5-19(6-8-20)10-13(21)11-24-15-4-3-12(17)9-14(15)18/h3-4,9,13,21H,2,5-8,10-11H2,1H3/t13-/m0/s1. The van der Waals surface area contributed by atoms with Gasteiger partial charge in [0.2, 0.25) is 0 Å². The lowest BCUT2D eigenvalue weighted by Gasteiger charge is -2.34. The minimum Gasteiger partial charge on any atom is -0.490 e. The molecule has 0 saturated carbocycles. The van der Waals surface area contributed by atoms with Crippen LogP contribution < -0.4 is 4.74 Å². The number of amides is 1. The van der Waals surface area contributed by atoms with Crippen molar-refractivity contribution in [1.29, 1.82) is 0 Å². The van der Waals surface area contributed by atoms with Crippen molar-refractivity contribution >= 4 is 38.0 Å². The topological polar surface area (TPSA) is 62.2 Å². The van der Waals surface area contributed by atoms with E-state index in [-0.39, 0.29) is 12.7 Å². The van der Waals surface area contributed by atoms with Crippen molar-refractivity contribution < 1.29 is 19.4 Å². The van der Waals surface area contributed by atoms with Crippen molar-refractivity contribution in [3.05, 3.63) is 27.1 Å². The third-order valence-electron chi connectivity index (χ3n) is 3.69. The fourth-order valence-corrected chi connectivity index (χ4v) is 3.62. The van der Waals surface area contributed by atoms with Crippen LogP contribution in [0.25, 0.3) is 0 Å². The zero-order chi connectivity index (χ0) is 17.5. The molecular weight excluding hydrogens is 444 g/mol. The summed E-state index contributed by atoms with van der Waals surface area (Å²) in [6.45, 7) is 5.60. The summed E-state index contributed by atoms with van der Waals surface area (Å²) in [5.74, 6) is 0.699. The molecule has 8 heteroatoms. The van der Waals surface area contributed by atoms with Gasteiger partial charge in [-0.15, -0.1) is 0 Å². The molecule has 0 radical (unpaired) electrons. The summed E-state index contributed by atoms with van der Waals surface area (Å²) < 4.78 is 12.5. The molecule has 1 atom stereocenters. The summed E-state index contributed by atoms with van der Waals surface area (Å²) >= 11 is 6.82.